The first-order valence-corrected chi connectivity index (χ1v) is 10.1. The summed E-state index contributed by atoms with van der Waals surface area (Å²) in [5, 5.41) is 14.3. The highest BCUT2D eigenvalue weighted by molar-refractivity contribution is 14.1. The third-order valence-electron chi connectivity index (χ3n) is 5.18. The molecule has 1 aliphatic carbocycles. The molecule has 1 aromatic heterocycles. The van der Waals surface area contributed by atoms with Crippen molar-refractivity contribution in [2.45, 2.75) is 56.7 Å². The summed E-state index contributed by atoms with van der Waals surface area (Å²) in [4.78, 5) is 18.5. The summed E-state index contributed by atoms with van der Waals surface area (Å²) in [5.41, 5.74) is 0.459. The van der Waals surface area contributed by atoms with Gasteiger partial charge in [0.15, 0.2) is 0 Å². The number of halogens is 1. The fourth-order valence-corrected chi connectivity index (χ4v) is 4.29. The Kier molecular flexibility index (Phi) is 6.51. The number of nitrogens with one attached hydrogen (secondary N) is 1. The van der Waals surface area contributed by atoms with Crippen LogP contribution in [0.1, 0.15) is 48.9 Å². The monoisotopic (exact) mass is 459 g/mol. The van der Waals surface area contributed by atoms with Crippen molar-refractivity contribution in [3.8, 4) is 0 Å². The maximum Gasteiger partial charge on any atom is 0.341 e. The summed E-state index contributed by atoms with van der Waals surface area (Å²) in [7, 11) is 1.38. The molecule has 1 aromatic rings. The second-order valence-electron chi connectivity index (χ2n) is 6.93. The van der Waals surface area contributed by atoms with Crippen LogP contribution in [0.4, 0.5) is 5.82 Å². The molecule has 0 spiro atoms. The molecule has 3 rings (SSSR count). The summed E-state index contributed by atoms with van der Waals surface area (Å²) in [5.74, 6) is 0.209. The molecule has 2 heterocycles. The number of hydrogen-bond acceptors (Lipinski definition) is 6. The van der Waals surface area contributed by atoms with Crippen LogP contribution >= 0.6 is 22.6 Å². The number of aliphatic hydroxyl groups excluding tert-OH is 1. The lowest BCUT2D eigenvalue weighted by molar-refractivity contribution is 0.0599. The van der Waals surface area contributed by atoms with E-state index >= 15 is 0 Å². The molecular weight excluding hydrogens is 433 g/mol. The van der Waals surface area contributed by atoms with E-state index in [1.54, 1.807) is 12.3 Å². The number of nitrogens with zero attached hydrogens (tertiary/aromatic N) is 2. The number of anilines is 1. The van der Waals surface area contributed by atoms with Crippen LogP contribution in [-0.4, -0.2) is 54.4 Å². The molecule has 1 saturated carbocycles. The number of aromatic nitrogens is 1. The normalized spacial score (nSPS) is 25.0. The van der Waals surface area contributed by atoms with Gasteiger partial charge in [-0.25, -0.2) is 9.78 Å². The molecule has 0 aromatic carbocycles. The van der Waals surface area contributed by atoms with Crippen LogP contribution in [0.15, 0.2) is 12.3 Å². The summed E-state index contributed by atoms with van der Waals surface area (Å²) in [6.07, 6.45) is 8.41. The quantitative estimate of drug-likeness (QED) is 0.532. The first kappa shape index (κ1) is 18.8. The molecule has 2 atom stereocenters. The molecule has 25 heavy (non-hydrogen) atoms. The van der Waals surface area contributed by atoms with Crippen LogP contribution in [0.5, 0.6) is 0 Å². The maximum atomic E-state index is 12.1. The lowest BCUT2D eigenvalue weighted by atomic mass is 9.92. The zero-order chi connectivity index (χ0) is 17.8. The van der Waals surface area contributed by atoms with Crippen molar-refractivity contribution >= 4 is 34.4 Å². The summed E-state index contributed by atoms with van der Waals surface area (Å²) in [6, 6.07) is 2.43. The van der Waals surface area contributed by atoms with Crippen molar-refractivity contribution in [1.82, 2.24) is 10.3 Å². The highest BCUT2D eigenvalue weighted by Gasteiger charge is 2.32. The number of rotatable bonds is 4. The molecule has 6 nitrogen and oxygen atoms in total. The Labute approximate surface area is 162 Å². The van der Waals surface area contributed by atoms with E-state index in [-0.39, 0.29) is 6.04 Å². The minimum absolute atomic E-state index is 0.116. The molecule has 138 valence electrons. The fourth-order valence-electron chi connectivity index (χ4n) is 3.83. The molecule has 1 saturated heterocycles. The van der Waals surface area contributed by atoms with E-state index < -0.39 is 12.1 Å². The van der Waals surface area contributed by atoms with E-state index in [1.165, 1.54) is 39.2 Å². The minimum atomic E-state index is -0.470. The predicted octanol–water partition coefficient (Wildman–Crippen LogP) is 2.33. The molecule has 2 aliphatic rings. The van der Waals surface area contributed by atoms with Crippen LogP contribution < -0.4 is 10.2 Å². The van der Waals surface area contributed by atoms with Crippen molar-refractivity contribution < 1.29 is 14.6 Å². The van der Waals surface area contributed by atoms with Crippen molar-refractivity contribution in [3.05, 3.63) is 21.4 Å². The Hall–Kier alpha value is -0.930. The number of piperidine rings is 1. The van der Waals surface area contributed by atoms with E-state index in [1.807, 2.05) is 4.90 Å². The summed E-state index contributed by atoms with van der Waals surface area (Å²) < 4.78 is 5.77. The van der Waals surface area contributed by atoms with Gasteiger partial charge in [-0.2, -0.15) is 0 Å². The standard InChI is InChI=1S/C18H26IN3O3/c1-25-18(24)14-9-12(19)10-20-17(14)22-8-7-15(16(23)11-22)21-13-5-3-2-4-6-13/h9-10,13,15-16,21,23H,2-8,11H2,1H3/t15-,16?/m0/s1. The highest BCUT2D eigenvalue weighted by atomic mass is 127. The van der Waals surface area contributed by atoms with Gasteiger partial charge in [-0.15, -0.1) is 0 Å². The zero-order valence-electron chi connectivity index (χ0n) is 14.6. The Morgan fingerprint density at radius 1 is 1.36 bits per heavy atom. The number of carbonyl (C=O) groups excluding carboxylic acids is 1. The average Bonchev–Trinajstić information content (AvgIpc) is 2.63. The highest BCUT2D eigenvalue weighted by Crippen LogP contribution is 2.26. The van der Waals surface area contributed by atoms with Crippen LogP contribution in [0.2, 0.25) is 0 Å². The van der Waals surface area contributed by atoms with Gasteiger partial charge >= 0.3 is 5.97 Å². The first-order valence-electron chi connectivity index (χ1n) is 9.01. The molecule has 2 N–H and O–H groups in total. The second-order valence-corrected chi connectivity index (χ2v) is 8.17. The molecule has 0 amide bonds. The van der Waals surface area contributed by atoms with Gasteiger partial charge in [-0.3, -0.25) is 0 Å². The molecule has 7 heteroatoms. The summed E-state index contributed by atoms with van der Waals surface area (Å²) >= 11 is 2.13. The van der Waals surface area contributed by atoms with Gasteiger partial charge in [0.05, 0.1) is 13.2 Å². The van der Waals surface area contributed by atoms with Crippen LogP contribution in [0.25, 0.3) is 0 Å². The predicted molar refractivity (Wildman–Crippen MR) is 105 cm³/mol. The number of esters is 1. The van der Waals surface area contributed by atoms with Crippen LogP contribution in [0, 0.1) is 3.57 Å². The number of ether oxygens (including phenoxy) is 1. The van der Waals surface area contributed by atoms with E-state index in [0.717, 1.165) is 16.5 Å². The lowest BCUT2D eigenvalue weighted by Crippen LogP contribution is -2.55. The fraction of sp³-hybridized carbons (Fsp3) is 0.667. The Morgan fingerprint density at radius 3 is 2.80 bits per heavy atom. The van der Waals surface area contributed by atoms with E-state index in [2.05, 4.69) is 32.9 Å². The summed E-state index contributed by atoms with van der Waals surface area (Å²) in [6.45, 7) is 1.24. The van der Waals surface area contributed by atoms with Crippen LogP contribution in [0.3, 0.4) is 0 Å². The first-order chi connectivity index (χ1) is 12.1. The topological polar surface area (TPSA) is 74.7 Å². The smallest absolute Gasteiger partial charge is 0.341 e. The van der Waals surface area contributed by atoms with Crippen molar-refractivity contribution in [2.75, 3.05) is 25.1 Å². The van der Waals surface area contributed by atoms with Crippen molar-refractivity contribution in [3.63, 3.8) is 0 Å². The average molecular weight is 459 g/mol. The largest absolute Gasteiger partial charge is 0.465 e. The Bertz CT molecular complexity index is 607. The zero-order valence-corrected chi connectivity index (χ0v) is 16.7. The van der Waals surface area contributed by atoms with Crippen LogP contribution in [-0.2, 0) is 4.74 Å². The minimum Gasteiger partial charge on any atom is -0.465 e. The van der Waals surface area contributed by atoms with Gasteiger partial charge in [0.1, 0.15) is 11.4 Å². The molecule has 0 bridgehead atoms. The Balaban J connectivity index is 1.67. The third-order valence-corrected chi connectivity index (χ3v) is 5.76. The number of pyridine rings is 1. The molecular formula is C18H26IN3O3. The number of aliphatic hydroxyl groups is 1. The molecule has 1 aliphatic heterocycles. The molecule has 2 fully saturated rings. The molecule has 1 unspecified atom stereocenters. The van der Waals surface area contributed by atoms with Crippen molar-refractivity contribution in [1.29, 1.82) is 0 Å². The second kappa shape index (κ2) is 8.64. The molecule has 0 radical (unpaired) electrons. The van der Waals surface area contributed by atoms with E-state index in [9.17, 15) is 9.90 Å². The number of carbonyl (C=O) groups is 1. The van der Waals surface area contributed by atoms with Gasteiger partial charge in [0.25, 0.3) is 0 Å². The van der Waals surface area contributed by atoms with Gasteiger partial charge < -0.3 is 20.1 Å². The van der Waals surface area contributed by atoms with Gasteiger partial charge in [0.2, 0.25) is 0 Å². The Morgan fingerprint density at radius 2 is 2.12 bits per heavy atom. The van der Waals surface area contributed by atoms with Gasteiger partial charge in [-0.05, 0) is 47.9 Å². The third kappa shape index (κ3) is 4.62. The van der Waals surface area contributed by atoms with Gasteiger partial charge in [-0.1, -0.05) is 19.3 Å². The van der Waals surface area contributed by atoms with E-state index in [0.29, 0.717) is 24.0 Å². The maximum absolute atomic E-state index is 12.1. The van der Waals surface area contributed by atoms with Gasteiger partial charge in [0, 0.05) is 34.9 Å². The number of methoxy groups -OCH3 is 1. The van der Waals surface area contributed by atoms with Crippen molar-refractivity contribution in [2.24, 2.45) is 0 Å². The number of hydrogen-bond donors (Lipinski definition) is 2. The van der Waals surface area contributed by atoms with E-state index in [4.69, 9.17) is 4.74 Å². The lowest BCUT2D eigenvalue weighted by Gasteiger charge is -2.39. The SMILES string of the molecule is COC(=O)c1cc(I)cnc1N1CC[C@H](NC2CCCCC2)C(O)C1. The number of β-amino-alcohol motifs (C(OH)–C–C–N with tert-alkyl or cyclic N) is 1.